The molecule has 3 aromatic rings. The van der Waals surface area contributed by atoms with Gasteiger partial charge in [-0.15, -0.1) is 0 Å². The highest BCUT2D eigenvalue weighted by molar-refractivity contribution is 7.22. The van der Waals surface area contributed by atoms with Gasteiger partial charge in [0.2, 0.25) is 0 Å². The summed E-state index contributed by atoms with van der Waals surface area (Å²) in [7, 11) is 0. The van der Waals surface area contributed by atoms with Crippen LogP contribution in [0.4, 0.5) is 5.13 Å². The number of nitrogens with zero attached hydrogens (tertiary/aromatic N) is 2. The highest BCUT2D eigenvalue weighted by atomic mass is 32.1. The first-order valence-electron chi connectivity index (χ1n) is 10.4. The van der Waals surface area contributed by atoms with Crippen molar-refractivity contribution >= 4 is 26.7 Å². The van der Waals surface area contributed by atoms with Crippen molar-refractivity contribution in [3.63, 3.8) is 0 Å². The van der Waals surface area contributed by atoms with E-state index in [4.69, 9.17) is 9.47 Å². The van der Waals surface area contributed by atoms with Crippen LogP contribution in [0.2, 0.25) is 0 Å². The maximum absolute atomic E-state index is 6.30. The Bertz CT molecular complexity index is 950. The van der Waals surface area contributed by atoms with E-state index in [0.29, 0.717) is 12.5 Å². The molecule has 1 saturated heterocycles. The van der Waals surface area contributed by atoms with E-state index in [0.717, 1.165) is 48.3 Å². The van der Waals surface area contributed by atoms with Crippen LogP contribution in [-0.2, 0) is 0 Å². The Hall–Kier alpha value is -2.31. The molecule has 1 N–H and O–H groups in total. The van der Waals surface area contributed by atoms with Crippen molar-refractivity contribution in [3.8, 4) is 11.5 Å². The van der Waals surface area contributed by atoms with E-state index in [-0.39, 0.29) is 5.60 Å². The summed E-state index contributed by atoms with van der Waals surface area (Å²) in [6.45, 7) is 6.86. The van der Waals surface area contributed by atoms with Crippen LogP contribution in [0.25, 0.3) is 10.2 Å². The van der Waals surface area contributed by atoms with Crippen LogP contribution in [0.15, 0.2) is 48.5 Å². The number of thiazole rings is 1. The lowest BCUT2D eigenvalue weighted by molar-refractivity contribution is -0.0254. The van der Waals surface area contributed by atoms with Crippen molar-refractivity contribution in [3.05, 3.63) is 48.5 Å². The largest absolute Gasteiger partial charge is 0.485 e. The Morgan fingerprint density at radius 2 is 1.86 bits per heavy atom. The third-order valence-electron chi connectivity index (χ3n) is 5.84. The summed E-state index contributed by atoms with van der Waals surface area (Å²) in [6.07, 6.45) is 2.40. The van der Waals surface area contributed by atoms with Crippen molar-refractivity contribution in [2.75, 3.05) is 38.1 Å². The summed E-state index contributed by atoms with van der Waals surface area (Å²) >= 11 is 1.74. The zero-order valence-electron chi connectivity index (χ0n) is 16.8. The van der Waals surface area contributed by atoms with Crippen LogP contribution in [-0.4, -0.2) is 48.3 Å². The topological polar surface area (TPSA) is 46.6 Å². The van der Waals surface area contributed by atoms with Gasteiger partial charge in [0.1, 0.15) is 6.61 Å². The van der Waals surface area contributed by atoms with Gasteiger partial charge in [0.05, 0.1) is 10.2 Å². The first kappa shape index (κ1) is 18.7. The maximum Gasteiger partial charge on any atom is 0.183 e. The molecule has 152 valence electrons. The van der Waals surface area contributed by atoms with Gasteiger partial charge in [-0.05, 0) is 63.0 Å². The molecule has 6 heteroatoms. The smallest absolute Gasteiger partial charge is 0.183 e. The first-order chi connectivity index (χ1) is 14.2. The molecule has 2 aliphatic rings. The minimum absolute atomic E-state index is 0.291. The van der Waals surface area contributed by atoms with Gasteiger partial charge in [0, 0.05) is 13.1 Å². The lowest BCUT2D eigenvalue weighted by atomic mass is 9.95. The molecule has 0 saturated carbocycles. The SMILES string of the molecule is CC1(CN2CCC(CNc3nc4ccccc4s3)CC2)COc2ccccc2O1. The second-order valence-corrected chi connectivity index (χ2v) is 9.41. The highest BCUT2D eigenvalue weighted by Crippen LogP contribution is 2.35. The van der Waals surface area contributed by atoms with Gasteiger partial charge in [-0.3, -0.25) is 4.90 Å². The second kappa shape index (κ2) is 7.84. The number of aromatic nitrogens is 1. The summed E-state index contributed by atoms with van der Waals surface area (Å²) in [4.78, 5) is 7.20. The number of ether oxygens (including phenoxy) is 2. The Morgan fingerprint density at radius 1 is 1.10 bits per heavy atom. The Morgan fingerprint density at radius 3 is 2.69 bits per heavy atom. The quantitative estimate of drug-likeness (QED) is 0.665. The van der Waals surface area contributed by atoms with E-state index in [1.807, 2.05) is 30.3 Å². The summed E-state index contributed by atoms with van der Waals surface area (Å²) < 4.78 is 13.5. The maximum atomic E-state index is 6.30. The van der Waals surface area contributed by atoms with Crippen molar-refractivity contribution in [2.24, 2.45) is 5.92 Å². The normalized spacial score (nSPS) is 22.7. The second-order valence-electron chi connectivity index (χ2n) is 8.37. The minimum atomic E-state index is -0.291. The number of rotatable bonds is 5. The average Bonchev–Trinajstić information content (AvgIpc) is 3.16. The molecule has 5 nitrogen and oxygen atoms in total. The van der Waals surface area contributed by atoms with E-state index in [2.05, 4.69) is 40.3 Å². The summed E-state index contributed by atoms with van der Waals surface area (Å²) in [5, 5.41) is 4.60. The van der Waals surface area contributed by atoms with Crippen LogP contribution >= 0.6 is 11.3 Å². The minimum Gasteiger partial charge on any atom is -0.485 e. The van der Waals surface area contributed by atoms with Gasteiger partial charge in [0.15, 0.2) is 22.2 Å². The fraction of sp³-hybridized carbons (Fsp3) is 0.435. The third-order valence-corrected chi connectivity index (χ3v) is 6.83. The number of likely N-dealkylation sites (tertiary alicyclic amines) is 1. The molecule has 1 atom stereocenters. The van der Waals surface area contributed by atoms with Crippen LogP contribution in [0.5, 0.6) is 11.5 Å². The number of fused-ring (bicyclic) bond motifs is 2. The number of anilines is 1. The fourth-order valence-electron chi connectivity index (χ4n) is 4.26. The monoisotopic (exact) mass is 409 g/mol. The molecule has 1 aromatic heterocycles. The van der Waals surface area contributed by atoms with E-state index < -0.39 is 0 Å². The predicted molar refractivity (Wildman–Crippen MR) is 118 cm³/mol. The van der Waals surface area contributed by atoms with Gasteiger partial charge >= 0.3 is 0 Å². The molecule has 2 aliphatic heterocycles. The van der Waals surface area contributed by atoms with Crippen molar-refractivity contribution in [1.29, 1.82) is 0 Å². The van der Waals surface area contributed by atoms with Gasteiger partial charge in [0.25, 0.3) is 0 Å². The number of para-hydroxylation sites is 3. The van der Waals surface area contributed by atoms with E-state index in [1.54, 1.807) is 11.3 Å². The number of piperidine rings is 1. The molecule has 1 fully saturated rings. The average molecular weight is 410 g/mol. The van der Waals surface area contributed by atoms with Crippen LogP contribution in [0, 0.1) is 5.92 Å². The summed E-state index contributed by atoms with van der Waals surface area (Å²) in [5.41, 5.74) is 0.791. The molecule has 1 unspecified atom stereocenters. The zero-order valence-corrected chi connectivity index (χ0v) is 17.6. The van der Waals surface area contributed by atoms with Crippen LogP contribution < -0.4 is 14.8 Å². The van der Waals surface area contributed by atoms with Crippen molar-refractivity contribution in [1.82, 2.24) is 9.88 Å². The van der Waals surface area contributed by atoms with Gasteiger partial charge in [-0.2, -0.15) is 0 Å². The molecular weight excluding hydrogens is 382 g/mol. The standard InChI is InChI=1S/C23H27N3O2S/c1-23(16-27-19-7-3-4-8-20(19)28-23)15-26-12-10-17(11-13-26)14-24-22-25-18-6-2-5-9-21(18)29-22/h2-9,17H,10-16H2,1H3,(H,24,25). The van der Waals surface area contributed by atoms with Crippen molar-refractivity contribution < 1.29 is 9.47 Å². The number of nitrogens with one attached hydrogen (secondary N) is 1. The van der Waals surface area contributed by atoms with E-state index in [1.165, 1.54) is 17.5 Å². The zero-order chi connectivity index (χ0) is 19.7. The van der Waals surface area contributed by atoms with Gasteiger partial charge < -0.3 is 14.8 Å². The number of hydrogen-bond donors (Lipinski definition) is 1. The van der Waals surface area contributed by atoms with Crippen LogP contribution in [0.1, 0.15) is 19.8 Å². The molecule has 0 amide bonds. The molecule has 0 radical (unpaired) electrons. The Balaban J connectivity index is 1.11. The van der Waals surface area contributed by atoms with E-state index in [9.17, 15) is 0 Å². The number of hydrogen-bond acceptors (Lipinski definition) is 6. The first-order valence-corrected chi connectivity index (χ1v) is 11.2. The van der Waals surface area contributed by atoms with Crippen molar-refractivity contribution in [2.45, 2.75) is 25.4 Å². The van der Waals surface area contributed by atoms with Gasteiger partial charge in [-0.1, -0.05) is 35.6 Å². The molecule has 29 heavy (non-hydrogen) atoms. The lowest BCUT2D eigenvalue weighted by Gasteiger charge is -2.41. The lowest BCUT2D eigenvalue weighted by Crippen LogP contribution is -2.52. The van der Waals surface area contributed by atoms with E-state index >= 15 is 0 Å². The van der Waals surface area contributed by atoms with Gasteiger partial charge in [-0.25, -0.2) is 4.98 Å². The van der Waals surface area contributed by atoms with Crippen LogP contribution in [0.3, 0.4) is 0 Å². The fourth-order valence-corrected chi connectivity index (χ4v) is 5.13. The molecule has 0 aliphatic carbocycles. The Labute approximate surface area is 175 Å². The molecular formula is C23H27N3O2S. The summed E-state index contributed by atoms with van der Waals surface area (Å²) in [5.74, 6) is 2.40. The molecule has 0 bridgehead atoms. The Kier molecular flexibility index (Phi) is 5.06. The molecule has 3 heterocycles. The summed E-state index contributed by atoms with van der Waals surface area (Å²) in [6, 6.07) is 16.3. The highest BCUT2D eigenvalue weighted by Gasteiger charge is 2.36. The predicted octanol–water partition coefficient (Wildman–Crippen LogP) is 4.65. The number of benzene rings is 2. The third kappa shape index (κ3) is 4.19. The molecule has 5 rings (SSSR count). The molecule has 0 spiro atoms. The molecule has 2 aromatic carbocycles.